The van der Waals surface area contributed by atoms with Crippen LogP contribution >= 0.6 is 15.9 Å². The zero-order chi connectivity index (χ0) is 12.7. The highest BCUT2D eigenvalue weighted by Crippen LogP contribution is 2.33. The van der Waals surface area contributed by atoms with Gasteiger partial charge in [-0.2, -0.15) is 0 Å². The van der Waals surface area contributed by atoms with Crippen LogP contribution in [0.5, 0.6) is 0 Å². The number of fused-ring (bicyclic) bond motifs is 1. The molecule has 0 N–H and O–H groups in total. The van der Waals surface area contributed by atoms with E-state index >= 15 is 0 Å². The van der Waals surface area contributed by atoms with Crippen molar-refractivity contribution in [1.29, 1.82) is 0 Å². The van der Waals surface area contributed by atoms with Crippen molar-refractivity contribution in [2.24, 2.45) is 11.8 Å². The molecular formula is C15H17BrN2. The summed E-state index contributed by atoms with van der Waals surface area (Å²) in [7, 11) is 0. The molecule has 2 aromatic rings. The lowest BCUT2D eigenvalue weighted by atomic mass is 9.88. The summed E-state index contributed by atoms with van der Waals surface area (Å²) in [6.45, 7) is 6.93. The molecule has 18 heavy (non-hydrogen) atoms. The summed E-state index contributed by atoms with van der Waals surface area (Å²) in [6, 6.07) is 8.55. The minimum Gasteiger partial charge on any atom is -0.369 e. The van der Waals surface area contributed by atoms with Gasteiger partial charge in [-0.1, -0.05) is 26.0 Å². The maximum Gasteiger partial charge on any atom is 0.0936 e. The molecule has 1 aliphatic rings. The second-order valence-corrected chi connectivity index (χ2v) is 6.33. The normalized spacial score (nSPS) is 16.3. The van der Waals surface area contributed by atoms with Crippen molar-refractivity contribution in [3.05, 3.63) is 34.9 Å². The molecule has 1 aromatic carbocycles. The second-order valence-electron chi connectivity index (χ2n) is 5.41. The van der Waals surface area contributed by atoms with Crippen molar-refractivity contribution >= 4 is 32.5 Å². The van der Waals surface area contributed by atoms with Crippen LogP contribution in [0.1, 0.15) is 13.8 Å². The summed E-state index contributed by atoms with van der Waals surface area (Å²) in [5.41, 5.74) is 2.39. The molecule has 0 spiro atoms. The SMILES string of the molecule is CC(C)C1CN(c2cccc3cc(Br)cnc23)C1. The monoisotopic (exact) mass is 304 g/mol. The molecule has 3 rings (SSSR count). The van der Waals surface area contributed by atoms with Gasteiger partial charge < -0.3 is 4.90 Å². The number of para-hydroxylation sites is 1. The summed E-state index contributed by atoms with van der Waals surface area (Å²) < 4.78 is 1.04. The van der Waals surface area contributed by atoms with E-state index in [1.807, 2.05) is 6.20 Å². The molecule has 1 aliphatic heterocycles. The van der Waals surface area contributed by atoms with Crippen molar-refractivity contribution in [3.63, 3.8) is 0 Å². The molecule has 0 bridgehead atoms. The molecular weight excluding hydrogens is 288 g/mol. The lowest BCUT2D eigenvalue weighted by Gasteiger charge is -2.43. The Morgan fingerprint density at radius 1 is 1.33 bits per heavy atom. The van der Waals surface area contributed by atoms with Crippen molar-refractivity contribution < 1.29 is 0 Å². The number of benzene rings is 1. The average molecular weight is 305 g/mol. The topological polar surface area (TPSA) is 16.1 Å². The van der Waals surface area contributed by atoms with E-state index < -0.39 is 0 Å². The van der Waals surface area contributed by atoms with Gasteiger partial charge in [-0.05, 0) is 39.9 Å². The predicted molar refractivity (Wildman–Crippen MR) is 80.0 cm³/mol. The van der Waals surface area contributed by atoms with E-state index in [0.29, 0.717) is 0 Å². The second kappa shape index (κ2) is 4.54. The number of rotatable bonds is 2. The fourth-order valence-corrected chi connectivity index (χ4v) is 2.85. The Kier molecular flexibility index (Phi) is 3.02. The third-order valence-corrected chi connectivity index (χ3v) is 4.28. The molecule has 0 amide bonds. The van der Waals surface area contributed by atoms with Gasteiger partial charge in [0.2, 0.25) is 0 Å². The minimum atomic E-state index is 0.776. The van der Waals surface area contributed by atoms with Gasteiger partial charge in [0.1, 0.15) is 0 Å². The maximum absolute atomic E-state index is 4.56. The smallest absolute Gasteiger partial charge is 0.0936 e. The third-order valence-electron chi connectivity index (χ3n) is 3.85. The largest absolute Gasteiger partial charge is 0.369 e. The number of anilines is 1. The molecule has 0 atom stereocenters. The highest BCUT2D eigenvalue weighted by molar-refractivity contribution is 9.10. The molecule has 1 saturated heterocycles. The lowest BCUT2D eigenvalue weighted by molar-refractivity contribution is 0.310. The van der Waals surface area contributed by atoms with Gasteiger partial charge in [-0.15, -0.1) is 0 Å². The summed E-state index contributed by atoms with van der Waals surface area (Å²) in [6.07, 6.45) is 1.88. The summed E-state index contributed by atoms with van der Waals surface area (Å²) >= 11 is 3.48. The molecule has 2 nitrogen and oxygen atoms in total. The zero-order valence-electron chi connectivity index (χ0n) is 10.7. The van der Waals surface area contributed by atoms with E-state index in [1.165, 1.54) is 11.1 Å². The molecule has 1 aromatic heterocycles. The van der Waals surface area contributed by atoms with Crippen LogP contribution in [0.3, 0.4) is 0 Å². The molecule has 0 radical (unpaired) electrons. The zero-order valence-corrected chi connectivity index (χ0v) is 12.3. The number of pyridine rings is 1. The van der Waals surface area contributed by atoms with Crippen molar-refractivity contribution in [3.8, 4) is 0 Å². The Labute approximate surface area is 116 Å². The number of hydrogen-bond donors (Lipinski definition) is 0. The average Bonchev–Trinajstić information content (AvgIpc) is 2.26. The van der Waals surface area contributed by atoms with Gasteiger partial charge in [0.15, 0.2) is 0 Å². The standard InChI is InChI=1S/C15H17BrN2/c1-10(2)12-8-18(9-12)14-5-3-4-11-6-13(16)7-17-15(11)14/h3-7,10,12H,8-9H2,1-2H3. The Morgan fingerprint density at radius 2 is 2.11 bits per heavy atom. The predicted octanol–water partition coefficient (Wildman–Crippen LogP) is 4.09. The van der Waals surface area contributed by atoms with Crippen LogP contribution in [-0.4, -0.2) is 18.1 Å². The van der Waals surface area contributed by atoms with Crippen LogP contribution in [0.15, 0.2) is 34.9 Å². The molecule has 2 heterocycles. The number of nitrogens with zero attached hydrogens (tertiary/aromatic N) is 2. The molecule has 1 fully saturated rings. The maximum atomic E-state index is 4.56. The summed E-state index contributed by atoms with van der Waals surface area (Å²) in [4.78, 5) is 7.00. The van der Waals surface area contributed by atoms with Gasteiger partial charge in [0, 0.05) is 29.1 Å². The van der Waals surface area contributed by atoms with Crippen LogP contribution in [-0.2, 0) is 0 Å². The molecule has 0 unspecified atom stereocenters. The van der Waals surface area contributed by atoms with Crippen LogP contribution in [0.2, 0.25) is 0 Å². The van der Waals surface area contributed by atoms with Crippen LogP contribution < -0.4 is 4.90 Å². The van der Waals surface area contributed by atoms with Crippen molar-refractivity contribution in [2.45, 2.75) is 13.8 Å². The van der Waals surface area contributed by atoms with Gasteiger partial charge in [-0.3, -0.25) is 4.98 Å². The lowest BCUT2D eigenvalue weighted by Crippen LogP contribution is -2.49. The van der Waals surface area contributed by atoms with Crippen molar-refractivity contribution in [2.75, 3.05) is 18.0 Å². The van der Waals surface area contributed by atoms with Gasteiger partial charge in [0.05, 0.1) is 11.2 Å². The first kappa shape index (κ1) is 12.0. The Bertz CT molecular complexity index is 574. The minimum absolute atomic E-state index is 0.776. The Balaban J connectivity index is 1.94. The van der Waals surface area contributed by atoms with E-state index in [9.17, 15) is 0 Å². The van der Waals surface area contributed by atoms with Crippen molar-refractivity contribution in [1.82, 2.24) is 4.98 Å². The number of aromatic nitrogens is 1. The number of hydrogen-bond acceptors (Lipinski definition) is 2. The van der Waals surface area contributed by atoms with E-state index in [2.05, 4.69) is 63.9 Å². The Morgan fingerprint density at radius 3 is 2.83 bits per heavy atom. The summed E-state index contributed by atoms with van der Waals surface area (Å²) in [5.74, 6) is 1.61. The van der Waals surface area contributed by atoms with E-state index in [1.54, 1.807) is 0 Å². The van der Waals surface area contributed by atoms with Crippen LogP contribution in [0.4, 0.5) is 5.69 Å². The van der Waals surface area contributed by atoms with E-state index in [4.69, 9.17) is 0 Å². The molecule has 94 valence electrons. The number of halogens is 1. The first-order chi connectivity index (χ1) is 8.65. The highest BCUT2D eigenvalue weighted by Gasteiger charge is 2.30. The van der Waals surface area contributed by atoms with E-state index in [-0.39, 0.29) is 0 Å². The third kappa shape index (κ3) is 2.01. The fourth-order valence-electron chi connectivity index (χ4n) is 2.50. The van der Waals surface area contributed by atoms with Crippen LogP contribution in [0, 0.1) is 11.8 Å². The van der Waals surface area contributed by atoms with Gasteiger partial charge >= 0.3 is 0 Å². The summed E-state index contributed by atoms with van der Waals surface area (Å²) in [5, 5.41) is 1.20. The van der Waals surface area contributed by atoms with Gasteiger partial charge in [-0.25, -0.2) is 0 Å². The molecule has 0 saturated carbocycles. The Hall–Kier alpha value is -1.09. The van der Waals surface area contributed by atoms with Gasteiger partial charge in [0.25, 0.3) is 0 Å². The highest BCUT2D eigenvalue weighted by atomic mass is 79.9. The molecule has 3 heteroatoms. The molecule has 0 aliphatic carbocycles. The quantitative estimate of drug-likeness (QED) is 0.831. The van der Waals surface area contributed by atoms with Crippen LogP contribution in [0.25, 0.3) is 10.9 Å². The van der Waals surface area contributed by atoms with E-state index in [0.717, 1.165) is 34.9 Å². The first-order valence-electron chi connectivity index (χ1n) is 6.44. The fraction of sp³-hybridized carbons (Fsp3) is 0.400. The first-order valence-corrected chi connectivity index (χ1v) is 7.23.